The van der Waals surface area contributed by atoms with Crippen LogP contribution >= 0.6 is 0 Å². The summed E-state index contributed by atoms with van der Waals surface area (Å²) in [6.07, 6.45) is 3.53. The number of hydrogen-bond donors (Lipinski definition) is 0. The van der Waals surface area contributed by atoms with Crippen molar-refractivity contribution in [1.82, 2.24) is 4.57 Å². The molecule has 0 aliphatic carbocycles. The Bertz CT molecular complexity index is 1120. The van der Waals surface area contributed by atoms with E-state index in [-0.39, 0.29) is 5.78 Å². The average molecular weight is 373 g/mol. The van der Waals surface area contributed by atoms with Gasteiger partial charge in [-0.2, -0.15) is 0 Å². The smallest absolute Gasteiger partial charge is 0.195 e. The van der Waals surface area contributed by atoms with E-state index < -0.39 is 6.17 Å². The molecule has 2 nitrogen and oxygen atoms in total. The second-order valence-electron chi connectivity index (χ2n) is 7.39. The largest absolute Gasteiger partial charge is 0.347 e. The van der Waals surface area contributed by atoms with E-state index in [1.807, 2.05) is 72.9 Å². The maximum Gasteiger partial charge on any atom is 0.195 e. The number of ketones is 1. The number of carbonyl (C=O) groups is 1. The van der Waals surface area contributed by atoms with Crippen molar-refractivity contribution in [3.8, 4) is 0 Å². The van der Waals surface area contributed by atoms with Crippen molar-refractivity contribution in [2.45, 2.75) is 38.9 Å². The van der Waals surface area contributed by atoms with Crippen LogP contribution in [0.2, 0.25) is 0 Å². The van der Waals surface area contributed by atoms with E-state index in [9.17, 15) is 9.18 Å². The third kappa shape index (κ3) is 3.57. The van der Waals surface area contributed by atoms with Crippen molar-refractivity contribution in [3.63, 3.8) is 0 Å². The Morgan fingerprint density at radius 2 is 1.61 bits per heavy atom. The number of para-hydroxylation sites is 1. The standard InChI is InChI=1S/C25H24FNO/c1-18(26)9-6-7-16-27-17-23(21-13-4-5-15-24(21)27)25(28)22-14-8-11-19-10-2-3-12-20(19)22/h2-5,8,10-15,17-18H,6-7,9,16H2,1H3. The first-order valence-electron chi connectivity index (χ1n) is 9.89. The van der Waals surface area contributed by atoms with Crippen molar-refractivity contribution >= 4 is 27.5 Å². The summed E-state index contributed by atoms with van der Waals surface area (Å²) in [5.41, 5.74) is 2.51. The fraction of sp³-hybridized carbons (Fsp3) is 0.240. The lowest BCUT2D eigenvalue weighted by Crippen LogP contribution is -2.02. The summed E-state index contributed by atoms with van der Waals surface area (Å²) in [5, 5.41) is 3.01. The molecule has 3 aromatic carbocycles. The van der Waals surface area contributed by atoms with Gasteiger partial charge in [0.15, 0.2) is 5.78 Å². The van der Waals surface area contributed by atoms with E-state index in [0.29, 0.717) is 6.42 Å². The van der Waals surface area contributed by atoms with Gasteiger partial charge in [-0.05, 0) is 43.0 Å². The number of alkyl halides is 1. The van der Waals surface area contributed by atoms with Gasteiger partial charge < -0.3 is 4.57 Å². The number of halogens is 1. The minimum absolute atomic E-state index is 0.0455. The van der Waals surface area contributed by atoms with Crippen LogP contribution in [0.4, 0.5) is 4.39 Å². The number of aryl methyl sites for hydroxylation is 1. The van der Waals surface area contributed by atoms with Crippen LogP contribution in [0.5, 0.6) is 0 Å². The number of rotatable bonds is 7. The zero-order valence-corrected chi connectivity index (χ0v) is 16.1. The van der Waals surface area contributed by atoms with Crippen LogP contribution in [0.15, 0.2) is 72.9 Å². The van der Waals surface area contributed by atoms with E-state index in [2.05, 4.69) is 4.57 Å². The van der Waals surface area contributed by atoms with Crippen LogP contribution in [-0.2, 0) is 6.54 Å². The lowest BCUT2D eigenvalue weighted by Gasteiger charge is -2.06. The molecule has 0 amide bonds. The fourth-order valence-electron chi connectivity index (χ4n) is 3.89. The van der Waals surface area contributed by atoms with Gasteiger partial charge in [-0.25, -0.2) is 4.39 Å². The van der Waals surface area contributed by atoms with Crippen LogP contribution < -0.4 is 0 Å². The molecular weight excluding hydrogens is 349 g/mol. The van der Waals surface area contributed by atoms with E-state index in [1.54, 1.807) is 6.92 Å². The van der Waals surface area contributed by atoms with Crippen molar-refractivity contribution in [3.05, 3.63) is 84.1 Å². The summed E-state index contributed by atoms with van der Waals surface area (Å²) < 4.78 is 15.2. The Kier molecular flexibility index (Phi) is 5.25. The van der Waals surface area contributed by atoms with Crippen molar-refractivity contribution < 1.29 is 9.18 Å². The summed E-state index contributed by atoms with van der Waals surface area (Å²) >= 11 is 0. The Labute approximate surface area is 164 Å². The second-order valence-corrected chi connectivity index (χ2v) is 7.39. The highest BCUT2D eigenvalue weighted by atomic mass is 19.1. The molecule has 0 N–H and O–H groups in total. The van der Waals surface area contributed by atoms with Gasteiger partial charge in [-0.3, -0.25) is 4.79 Å². The average Bonchev–Trinajstić information content (AvgIpc) is 3.09. The Hall–Kier alpha value is -2.94. The number of nitrogens with zero attached hydrogens (tertiary/aromatic N) is 1. The fourth-order valence-corrected chi connectivity index (χ4v) is 3.89. The summed E-state index contributed by atoms with van der Waals surface area (Å²) in [5.74, 6) is 0.0455. The molecule has 1 atom stereocenters. The molecule has 0 bridgehead atoms. The maximum absolute atomic E-state index is 13.4. The highest BCUT2D eigenvalue weighted by Gasteiger charge is 2.18. The zero-order valence-electron chi connectivity index (χ0n) is 16.1. The van der Waals surface area contributed by atoms with E-state index in [1.165, 1.54) is 0 Å². The molecule has 1 heterocycles. The number of hydrogen-bond acceptors (Lipinski definition) is 1. The molecule has 0 saturated heterocycles. The predicted molar refractivity (Wildman–Crippen MR) is 114 cm³/mol. The third-order valence-corrected chi connectivity index (χ3v) is 5.32. The van der Waals surface area contributed by atoms with Crippen molar-refractivity contribution in [2.75, 3.05) is 0 Å². The molecule has 1 unspecified atom stereocenters. The Morgan fingerprint density at radius 1 is 0.893 bits per heavy atom. The lowest BCUT2D eigenvalue weighted by molar-refractivity contribution is 0.104. The van der Waals surface area contributed by atoms with Crippen LogP contribution in [0.1, 0.15) is 42.1 Å². The van der Waals surface area contributed by atoms with Gasteiger partial charge in [0.2, 0.25) is 0 Å². The molecule has 0 spiro atoms. The van der Waals surface area contributed by atoms with Gasteiger partial charge >= 0.3 is 0 Å². The summed E-state index contributed by atoms with van der Waals surface area (Å²) in [4.78, 5) is 13.4. The monoisotopic (exact) mass is 373 g/mol. The predicted octanol–water partition coefficient (Wildman–Crippen LogP) is 6.55. The lowest BCUT2D eigenvalue weighted by atomic mass is 9.97. The van der Waals surface area contributed by atoms with Crippen molar-refractivity contribution in [2.24, 2.45) is 0 Å². The van der Waals surface area contributed by atoms with E-state index in [4.69, 9.17) is 0 Å². The highest BCUT2D eigenvalue weighted by Crippen LogP contribution is 2.27. The van der Waals surface area contributed by atoms with Crippen LogP contribution in [0, 0.1) is 0 Å². The number of fused-ring (bicyclic) bond motifs is 2. The van der Waals surface area contributed by atoms with Crippen LogP contribution in [-0.4, -0.2) is 16.5 Å². The van der Waals surface area contributed by atoms with E-state index in [0.717, 1.165) is 52.2 Å². The first-order valence-corrected chi connectivity index (χ1v) is 9.89. The molecule has 0 fully saturated rings. The molecule has 28 heavy (non-hydrogen) atoms. The number of aromatic nitrogens is 1. The second kappa shape index (κ2) is 7.97. The molecule has 3 heteroatoms. The normalized spacial score (nSPS) is 12.5. The molecule has 0 aliphatic rings. The first-order chi connectivity index (χ1) is 13.6. The first kappa shape index (κ1) is 18.4. The molecule has 0 saturated carbocycles. The summed E-state index contributed by atoms with van der Waals surface area (Å²) in [6.45, 7) is 2.39. The van der Waals surface area contributed by atoms with Crippen LogP contribution in [0.3, 0.4) is 0 Å². The van der Waals surface area contributed by atoms with Gasteiger partial charge in [0.25, 0.3) is 0 Å². The van der Waals surface area contributed by atoms with Gasteiger partial charge in [0.1, 0.15) is 0 Å². The van der Waals surface area contributed by atoms with Crippen molar-refractivity contribution in [1.29, 1.82) is 0 Å². The third-order valence-electron chi connectivity index (χ3n) is 5.32. The molecule has 1 aromatic heterocycles. The minimum atomic E-state index is -0.759. The SMILES string of the molecule is CC(F)CCCCn1cc(C(=O)c2cccc3ccccc23)c2ccccc21. The highest BCUT2D eigenvalue weighted by molar-refractivity contribution is 6.21. The molecule has 0 aliphatic heterocycles. The summed E-state index contributed by atoms with van der Waals surface area (Å²) in [7, 11) is 0. The van der Waals surface area contributed by atoms with E-state index >= 15 is 0 Å². The molecule has 142 valence electrons. The number of benzene rings is 3. The van der Waals surface area contributed by atoms with Gasteiger partial charge in [0, 0.05) is 34.8 Å². The van der Waals surface area contributed by atoms with Gasteiger partial charge in [0.05, 0.1) is 6.17 Å². The van der Waals surface area contributed by atoms with Gasteiger partial charge in [-0.1, -0.05) is 60.7 Å². The molecular formula is C25H24FNO. The topological polar surface area (TPSA) is 22.0 Å². The number of carbonyl (C=O) groups excluding carboxylic acids is 1. The van der Waals surface area contributed by atoms with Crippen LogP contribution in [0.25, 0.3) is 21.7 Å². The quantitative estimate of drug-likeness (QED) is 0.266. The maximum atomic E-state index is 13.4. The van der Waals surface area contributed by atoms with Gasteiger partial charge in [-0.15, -0.1) is 0 Å². The molecule has 0 radical (unpaired) electrons. The molecule has 4 rings (SSSR count). The number of unbranched alkanes of at least 4 members (excludes halogenated alkanes) is 1. The molecule has 4 aromatic rings. The zero-order chi connectivity index (χ0) is 19.5. The summed E-state index contributed by atoms with van der Waals surface area (Å²) in [6, 6.07) is 21.9. The minimum Gasteiger partial charge on any atom is -0.347 e. The Morgan fingerprint density at radius 3 is 2.43 bits per heavy atom. The Balaban J connectivity index is 1.71.